The monoisotopic (exact) mass is 712 g/mol. The molecule has 0 spiro atoms. The number of carbonyl (C=O) groups is 2. The number of nitrogens with zero attached hydrogens (tertiary/aromatic N) is 2. The number of phenolic OH excluding ortho intramolecular Hbond substituents is 1. The van der Waals surface area contributed by atoms with E-state index in [0.29, 0.717) is 28.7 Å². The first kappa shape index (κ1) is 25.5. The fourth-order valence-corrected chi connectivity index (χ4v) is 6.07. The lowest BCUT2D eigenvalue weighted by molar-refractivity contribution is -0.122. The molecule has 2 N–H and O–H groups in total. The van der Waals surface area contributed by atoms with Gasteiger partial charge in [-0.25, -0.2) is 9.79 Å². The van der Waals surface area contributed by atoms with Crippen molar-refractivity contribution in [2.75, 3.05) is 7.11 Å². The smallest absolute Gasteiger partial charge is 0.335 e. The molecule has 1 fully saturated rings. The highest BCUT2D eigenvalue weighted by Crippen LogP contribution is 2.36. The van der Waals surface area contributed by atoms with Gasteiger partial charge < -0.3 is 14.9 Å². The Morgan fingerprint density at radius 2 is 1.71 bits per heavy atom. The van der Waals surface area contributed by atoms with Gasteiger partial charge >= 0.3 is 5.97 Å². The fourth-order valence-electron chi connectivity index (χ4n) is 3.25. The minimum absolute atomic E-state index is 0.181. The van der Waals surface area contributed by atoms with Gasteiger partial charge in [-0.2, -0.15) is 0 Å². The Labute approximate surface area is 233 Å². The maximum Gasteiger partial charge on any atom is 0.335 e. The maximum absolute atomic E-state index is 13.4. The summed E-state index contributed by atoms with van der Waals surface area (Å²) in [7, 11) is 1.59. The van der Waals surface area contributed by atoms with Crippen molar-refractivity contribution in [3.05, 3.63) is 89.4 Å². The van der Waals surface area contributed by atoms with E-state index in [0.717, 1.165) is 11.1 Å². The number of aromatic hydroxyl groups is 1. The summed E-state index contributed by atoms with van der Waals surface area (Å²) >= 11 is 5.38. The van der Waals surface area contributed by atoms with E-state index in [1.165, 1.54) is 23.9 Å². The van der Waals surface area contributed by atoms with E-state index >= 15 is 0 Å². The Balaban J connectivity index is 1.70. The summed E-state index contributed by atoms with van der Waals surface area (Å²) in [6.45, 7) is 0.239. The number of thioether (sulfide) groups is 1. The number of carboxylic acids is 1. The molecule has 7 nitrogen and oxygen atoms in total. The highest BCUT2D eigenvalue weighted by Gasteiger charge is 2.33. The summed E-state index contributed by atoms with van der Waals surface area (Å²) in [6, 6.07) is 17.3. The molecule has 0 unspecified atom stereocenters. The molecule has 1 aliphatic rings. The lowest BCUT2D eigenvalue weighted by atomic mass is 10.1. The van der Waals surface area contributed by atoms with Crippen molar-refractivity contribution in [2.45, 2.75) is 6.54 Å². The van der Waals surface area contributed by atoms with E-state index in [1.54, 1.807) is 42.4 Å². The number of hydrogen-bond acceptors (Lipinski definition) is 6. The third kappa shape index (κ3) is 5.98. The summed E-state index contributed by atoms with van der Waals surface area (Å²) in [6.07, 6.45) is 1.79. The van der Waals surface area contributed by atoms with Crippen LogP contribution in [0.1, 0.15) is 21.5 Å². The number of hydrogen-bond donors (Lipinski definition) is 2. The number of rotatable bonds is 6. The predicted molar refractivity (Wildman–Crippen MR) is 153 cm³/mol. The summed E-state index contributed by atoms with van der Waals surface area (Å²) in [5, 5.41) is 19.7. The molecule has 0 atom stereocenters. The standard InChI is InChI=1S/C25H18I2N2O5S/c1-34-18-8-6-17(7-9-18)28-25-29(13-14-2-4-16(5-3-14)24(32)33)23(31)21(35-25)12-15-10-19(26)22(30)20(27)11-15/h2-12,30H,13H2,1H3,(H,32,33)/b21-12-,28-25?. The van der Waals surface area contributed by atoms with Gasteiger partial charge in [0.15, 0.2) is 5.17 Å². The van der Waals surface area contributed by atoms with Gasteiger partial charge in [-0.05, 0) is 123 Å². The lowest BCUT2D eigenvalue weighted by Gasteiger charge is -2.16. The van der Waals surface area contributed by atoms with Crippen molar-refractivity contribution in [3.63, 3.8) is 0 Å². The number of ether oxygens (including phenoxy) is 1. The molecule has 0 saturated carbocycles. The van der Waals surface area contributed by atoms with Gasteiger partial charge in [-0.15, -0.1) is 0 Å². The summed E-state index contributed by atoms with van der Waals surface area (Å²) in [5.74, 6) is -0.291. The zero-order valence-corrected chi connectivity index (χ0v) is 23.4. The minimum atomic E-state index is -1.01. The molecule has 1 amide bonds. The van der Waals surface area contributed by atoms with Crippen molar-refractivity contribution < 1.29 is 24.5 Å². The number of halogens is 2. The van der Waals surface area contributed by atoms with E-state index in [1.807, 2.05) is 24.3 Å². The molecular weight excluding hydrogens is 694 g/mol. The number of carbonyl (C=O) groups excluding carboxylic acids is 1. The maximum atomic E-state index is 13.4. The van der Waals surface area contributed by atoms with Gasteiger partial charge in [-0.1, -0.05) is 12.1 Å². The molecular formula is C25H18I2N2O5S. The number of benzene rings is 3. The molecule has 3 aromatic carbocycles. The Morgan fingerprint density at radius 1 is 1.09 bits per heavy atom. The zero-order chi connectivity index (χ0) is 25.1. The van der Waals surface area contributed by atoms with Gasteiger partial charge in [0.05, 0.1) is 37.0 Å². The molecule has 1 aliphatic heterocycles. The topological polar surface area (TPSA) is 99.4 Å². The van der Waals surface area contributed by atoms with Crippen LogP contribution in [0.15, 0.2) is 70.6 Å². The van der Waals surface area contributed by atoms with E-state index in [-0.39, 0.29) is 23.8 Å². The molecule has 1 saturated heterocycles. The molecule has 178 valence electrons. The SMILES string of the molecule is COc1ccc(N=C2S/C(=C\c3cc(I)c(O)c(I)c3)C(=O)N2Cc2ccc(C(=O)O)cc2)cc1. The van der Waals surface area contributed by atoms with Gasteiger partial charge in [-0.3, -0.25) is 9.69 Å². The van der Waals surface area contributed by atoms with Crippen LogP contribution in [0, 0.1) is 7.14 Å². The van der Waals surface area contributed by atoms with E-state index in [9.17, 15) is 14.7 Å². The number of methoxy groups -OCH3 is 1. The Hall–Kier alpha value is -2.58. The molecule has 10 heteroatoms. The van der Waals surface area contributed by atoms with Crippen LogP contribution in [0.3, 0.4) is 0 Å². The summed E-state index contributed by atoms with van der Waals surface area (Å²) < 4.78 is 6.59. The van der Waals surface area contributed by atoms with Crippen LogP contribution in [0.5, 0.6) is 11.5 Å². The number of amides is 1. The lowest BCUT2D eigenvalue weighted by Crippen LogP contribution is -2.28. The van der Waals surface area contributed by atoms with Gasteiger partial charge in [0.2, 0.25) is 0 Å². The van der Waals surface area contributed by atoms with Gasteiger partial charge in [0, 0.05) is 0 Å². The van der Waals surface area contributed by atoms with Crippen LogP contribution in [-0.2, 0) is 11.3 Å². The number of amidine groups is 1. The second-order valence-corrected chi connectivity index (χ2v) is 10.8. The minimum Gasteiger partial charge on any atom is -0.506 e. The summed E-state index contributed by atoms with van der Waals surface area (Å²) in [4.78, 5) is 31.4. The van der Waals surface area contributed by atoms with Crippen LogP contribution < -0.4 is 4.74 Å². The summed E-state index contributed by atoms with van der Waals surface area (Å²) in [5.41, 5.74) is 2.42. The molecule has 0 radical (unpaired) electrons. The van der Waals surface area contributed by atoms with Crippen LogP contribution >= 0.6 is 56.9 Å². The van der Waals surface area contributed by atoms with E-state index < -0.39 is 5.97 Å². The number of carboxylic acid groups (broad SMARTS) is 1. The largest absolute Gasteiger partial charge is 0.506 e. The third-order valence-electron chi connectivity index (χ3n) is 5.06. The molecule has 0 aliphatic carbocycles. The molecule has 1 heterocycles. The van der Waals surface area contributed by atoms with Crippen LogP contribution in [0.25, 0.3) is 6.08 Å². The van der Waals surface area contributed by atoms with E-state index in [2.05, 4.69) is 45.2 Å². The fraction of sp³-hybridized carbons (Fsp3) is 0.0800. The first-order valence-electron chi connectivity index (χ1n) is 10.2. The molecule has 35 heavy (non-hydrogen) atoms. The first-order valence-corrected chi connectivity index (χ1v) is 13.2. The third-order valence-corrected chi connectivity index (χ3v) is 7.72. The number of aliphatic imine (C=N–C) groups is 1. The van der Waals surface area contributed by atoms with Crippen LogP contribution in [0.2, 0.25) is 0 Å². The Kier molecular flexibility index (Phi) is 8.02. The zero-order valence-electron chi connectivity index (χ0n) is 18.2. The van der Waals surface area contributed by atoms with Gasteiger partial charge in [0.1, 0.15) is 11.5 Å². The molecule has 0 bridgehead atoms. The highest BCUT2D eigenvalue weighted by atomic mass is 127. The van der Waals surface area contributed by atoms with Crippen molar-refractivity contribution in [3.8, 4) is 11.5 Å². The predicted octanol–water partition coefficient (Wildman–Crippen LogP) is 6.11. The molecule has 4 rings (SSSR count). The van der Waals surface area contributed by atoms with Crippen LogP contribution in [0.4, 0.5) is 5.69 Å². The van der Waals surface area contributed by atoms with Crippen molar-refractivity contribution >= 4 is 85.8 Å². The normalized spacial score (nSPS) is 15.7. The Morgan fingerprint density at radius 3 is 2.29 bits per heavy atom. The second kappa shape index (κ2) is 11.0. The van der Waals surface area contributed by atoms with E-state index in [4.69, 9.17) is 14.8 Å². The average molecular weight is 712 g/mol. The number of phenols is 1. The quantitative estimate of drug-likeness (QED) is 0.237. The average Bonchev–Trinajstić information content (AvgIpc) is 3.12. The van der Waals surface area contributed by atoms with Gasteiger partial charge in [0.25, 0.3) is 5.91 Å². The molecule has 3 aromatic rings. The Bertz CT molecular complexity index is 1330. The number of aromatic carboxylic acids is 1. The van der Waals surface area contributed by atoms with Crippen molar-refractivity contribution in [1.82, 2.24) is 4.90 Å². The molecule has 0 aromatic heterocycles. The highest BCUT2D eigenvalue weighted by molar-refractivity contribution is 14.1. The van der Waals surface area contributed by atoms with Crippen LogP contribution in [-0.4, -0.2) is 39.3 Å². The van der Waals surface area contributed by atoms with Crippen molar-refractivity contribution in [1.29, 1.82) is 0 Å². The van der Waals surface area contributed by atoms with Crippen molar-refractivity contribution in [2.24, 2.45) is 4.99 Å². The second-order valence-electron chi connectivity index (χ2n) is 7.43. The first-order chi connectivity index (χ1) is 16.7.